The van der Waals surface area contributed by atoms with E-state index in [2.05, 4.69) is 15.4 Å². The van der Waals surface area contributed by atoms with Crippen LogP contribution in [0.15, 0.2) is 36.4 Å². The van der Waals surface area contributed by atoms with Crippen LogP contribution in [0.3, 0.4) is 0 Å². The first kappa shape index (κ1) is 17.2. The Kier molecular flexibility index (Phi) is 4.33. The van der Waals surface area contributed by atoms with E-state index in [0.717, 1.165) is 10.2 Å². The zero-order valence-electron chi connectivity index (χ0n) is 14.4. The lowest BCUT2D eigenvalue weighted by atomic mass is 10.1. The Morgan fingerprint density at radius 3 is 2.74 bits per heavy atom. The van der Waals surface area contributed by atoms with E-state index in [1.165, 1.54) is 0 Å². The van der Waals surface area contributed by atoms with E-state index in [1.807, 2.05) is 6.92 Å². The monoisotopic (exact) mass is 385 g/mol. The lowest BCUT2D eigenvalue weighted by molar-refractivity contribution is 0.0948. The van der Waals surface area contributed by atoms with Gasteiger partial charge in [-0.15, -0.1) is 5.10 Å². The molecular weight excluding hydrogens is 370 g/mol. The van der Waals surface area contributed by atoms with Gasteiger partial charge in [-0.3, -0.25) is 4.79 Å². The highest BCUT2D eigenvalue weighted by Crippen LogP contribution is 2.33. The van der Waals surface area contributed by atoms with Crippen molar-refractivity contribution in [2.24, 2.45) is 0 Å². The molecule has 0 saturated carbocycles. The molecule has 1 aliphatic heterocycles. The number of nitrogen functional groups attached to an aromatic ring is 1. The summed E-state index contributed by atoms with van der Waals surface area (Å²) < 4.78 is 12.1. The number of hydrogen-bond donors (Lipinski definition) is 2. The van der Waals surface area contributed by atoms with Gasteiger partial charge in [0.1, 0.15) is 13.2 Å². The van der Waals surface area contributed by atoms with Crippen molar-refractivity contribution in [3.05, 3.63) is 52.5 Å². The first-order valence-electron chi connectivity index (χ1n) is 8.21. The van der Waals surface area contributed by atoms with Gasteiger partial charge >= 0.3 is 0 Å². The van der Waals surface area contributed by atoms with Gasteiger partial charge in [0.2, 0.25) is 11.9 Å². The van der Waals surface area contributed by atoms with Gasteiger partial charge < -0.3 is 20.5 Å². The minimum Gasteiger partial charge on any atom is -0.486 e. The number of nitrogens with two attached hydrogens (primary N) is 1. The van der Waals surface area contributed by atoms with E-state index in [-0.39, 0.29) is 11.9 Å². The number of rotatable bonds is 3. The number of ether oxygens (including phenoxy) is 2. The van der Waals surface area contributed by atoms with Crippen LogP contribution in [0.2, 0.25) is 5.02 Å². The molecule has 9 heteroatoms. The van der Waals surface area contributed by atoms with Crippen molar-refractivity contribution in [3.8, 4) is 11.5 Å². The number of nitrogens with one attached hydrogen (secondary N) is 1. The summed E-state index contributed by atoms with van der Waals surface area (Å²) in [7, 11) is 0. The van der Waals surface area contributed by atoms with Crippen LogP contribution < -0.4 is 20.5 Å². The third kappa shape index (κ3) is 3.39. The van der Waals surface area contributed by atoms with Crippen molar-refractivity contribution < 1.29 is 14.3 Å². The summed E-state index contributed by atoms with van der Waals surface area (Å²) in [5.74, 6) is 1.05. The summed E-state index contributed by atoms with van der Waals surface area (Å²) in [5, 5.41) is 7.65. The van der Waals surface area contributed by atoms with Gasteiger partial charge in [0, 0.05) is 22.3 Å². The van der Waals surface area contributed by atoms with Crippen molar-refractivity contribution in [3.63, 3.8) is 0 Å². The number of carbonyl (C=O) groups is 1. The average Bonchev–Trinajstić information content (AvgIpc) is 3.03. The minimum atomic E-state index is -0.419. The fourth-order valence-electron chi connectivity index (χ4n) is 2.62. The second kappa shape index (κ2) is 6.81. The Morgan fingerprint density at radius 2 is 1.96 bits per heavy atom. The maximum Gasteiger partial charge on any atom is 0.281 e. The summed E-state index contributed by atoms with van der Waals surface area (Å²) in [4.78, 5) is 16.7. The van der Waals surface area contributed by atoms with Gasteiger partial charge in [0.15, 0.2) is 11.5 Å². The summed E-state index contributed by atoms with van der Waals surface area (Å²) in [6.07, 6.45) is 0. The molecule has 0 unspecified atom stereocenters. The maximum atomic E-state index is 12.6. The number of halogens is 1. The van der Waals surface area contributed by atoms with Crippen LogP contribution in [0, 0.1) is 6.92 Å². The van der Waals surface area contributed by atoms with Crippen molar-refractivity contribution >= 4 is 35.1 Å². The number of carbonyl (C=O) groups excluding carboxylic acids is 1. The minimum absolute atomic E-state index is 0.0308. The average molecular weight is 386 g/mol. The number of hydrogen-bond acceptors (Lipinski definition) is 7. The molecule has 0 aliphatic carbocycles. The number of anilines is 3. The summed E-state index contributed by atoms with van der Waals surface area (Å²) in [6, 6.07) is 10.4. The number of fused-ring (bicyclic) bond motifs is 1. The molecule has 3 aromatic rings. The molecule has 0 saturated heterocycles. The zero-order valence-corrected chi connectivity index (χ0v) is 15.2. The number of nitrogens with zero attached hydrogens (tertiary/aromatic N) is 3. The molecule has 2 aromatic carbocycles. The molecule has 0 amide bonds. The van der Waals surface area contributed by atoms with Gasteiger partial charge in [-0.2, -0.15) is 9.67 Å². The van der Waals surface area contributed by atoms with Crippen LogP contribution in [-0.4, -0.2) is 33.9 Å². The molecule has 0 radical (unpaired) electrons. The molecule has 1 aliphatic rings. The van der Waals surface area contributed by atoms with E-state index in [0.29, 0.717) is 41.0 Å². The van der Waals surface area contributed by atoms with E-state index >= 15 is 0 Å². The Balaban J connectivity index is 1.58. The van der Waals surface area contributed by atoms with E-state index in [4.69, 9.17) is 26.8 Å². The Bertz CT molecular complexity index is 1030. The maximum absolute atomic E-state index is 12.6. The van der Waals surface area contributed by atoms with E-state index < -0.39 is 5.91 Å². The highest BCUT2D eigenvalue weighted by Gasteiger charge is 2.18. The predicted octanol–water partition coefficient (Wildman–Crippen LogP) is 3.03. The lowest BCUT2D eigenvalue weighted by Crippen LogP contribution is -2.16. The van der Waals surface area contributed by atoms with Gasteiger partial charge in [0.25, 0.3) is 5.91 Å². The highest BCUT2D eigenvalue weighted by molar-refractivity contribution is 6.31. The number of aryl methyl sites for hydroxylation is 1. The topological polar surface area (TPSA) is 104 Å². The van der Waals surface area contributed by atoms with Crippen LogP contribution in [0.5, 0.6) is 11.5 Å². The third-order valence-corrected chi connectivity index (χ3v) is 4.45. The van der Waals surface area contributed by atoms with Crippen LogP contribution in [0.4, 0.5) is 17.6 Å². The fourth-order valence-corrected chi connectivity index (χ4v) is 2.81. The molecule has 2 heterocycles. The zero-order chi connectivity index (χ0) is 19.0. The van der Waals surface area contributed by atoms with Crippen molar-refractivity contribution in [1.29, 1.82) is 0 Å². The molecule has 0 fully saturated rings. The molecule has 0 bridgehead atoms. The van der Waals surface area contributed by atoms with Gasteiger partial charge in [-0.25, -0.2) is 0 Å². The normalized spacial score (nSPS) is 12.7. The summed E-state index contributed by atoms with van der Waals surface area (Å²) in [5.41, 5.74) is 7.79. The van der Waals surface area contributed by atoms with Crippen molar-refractivity contribution in [2.45, 2.75) is 6.92 Å². The molecule has 3 N–H and O–H groups in total. The Hall–Kier alpha value is -3.26. The highest BCUT2D eigenvalue weighted by atomic mass is 35.5. The summed E-state index contributed by atoms with van der Waals surface area (Å²) >= 11 is 6.09. The van der Waals surface area contributed by atoms with Crippen molar-refractivity contribution in [2.75, 3.05) is 24.3 Å². The van der Waals surface area contributed by atoms with Crippen LogP contribution in [0.1, 0.15) is 15.9 Å². The molecule has 1 aromatic heterocycles. The largest absolute Gasteiger partial charge is 0.486 e. The fraction of sp³-hybridized carbons (Fsp3) is 0.167. The van der Waals surface area contributed by atoms with E-state index in [1.54, 1.807) is 36.4 Å². The second-order valence-corrected chi connectivity index (χ2v) is 6.37. The summed E-state index contributed by atoms with van der Waals surface area (Å²) in [6.45, 7) is 2.87. The molecule has 4 rings (SSSR count). The van der Waals surface area contributed by atoms with Gasteiger partial charge in [0.05, 0.1) is 0 Å². The number of benzene rings is 2. The Labute approximate surface area is 159 Å². The standard InChI is InChI=1S/C18H16ClN5O3/c1-10-2-3-11(8-13(10)19)16(25)24-17(20)22-18(23-24)21-12-4-5-14-15(9-12)27-7-6-26-14/h2-5,8-9H,6-7H2,1H3,(H3,20,21,22,23). The van der Waals surface area contributed by atoms with Crippen LogP contribution >= 0.6 is 11.6 Å². The lowest BCUT2D eigenvalue weighted by Gasteiger charge is -2.18. The van der Waals surface area contributed by atoms with Crippen molar-refractivity contribution in [1.82, 2.24) is 14.8 Å². The first-order chi connectivity index (χ1) is 13.0. The molecule has 8 nitrogen and oxygen atoms in total. The van der Waals surface area contributed by atoms with E-state index in [9.17, 15) is 4.79 Å². The van der Waals surface area contributed by atoms with Crippen LogP contribution in [-0.2, 0) is 0 Å². The predicted molar refractivity (Wildman–Crippen MR) is 101 cm³/mol. The SMILES string of the molecule is Cc1ccc(C(=O)n2nc(Nc3ccc4c(c3)OCCO4)nc2N)cc1Cl. The van der Waals surface area contributed by atoms with Gasteiger partial charge in [-0.1, -0.05) is 17.7 Å². The molecule has 138 valence electrons. The molecule has 0 atom stereocenters. The second-order valence-electron chi connectivity index (χ2n) is 5.96. The number of aromatic nitrogens is 3. The van der Waals surface area contributed by atoms with Gasteiger partial charge in [-0.05, 0) is 36.8 Å². The Morgan fingerprint density at radius 1 is 1.19 bits per heavy atom. The molecule has 27 heavy (non-hydrogen) atoms. The third-order valence-electron chi connectivity index (χ3n) is 4.04. The smallest absolute Gasteiger partial charge is 0.281 e. The molecular formula is C18H16ClN5O3. The van der Waals surface area contributed by atoms with Crippen LogP contribution in [0.25, 0.3) is 0 Å². The molecule has 0 spiro atoms. The first-order valence-corrected chi connectivity index (χ1v) is 8.59. The quantitative estimate of drug-likeness (QED) is 0.714.